The van der Waals surface area contributed by atoms with E-state index in [9.17, 15) is 0 Å². The van der Waals surface area contributed by atoms with Gasteiger partial charge in [-0.3, -0.25) is 0 Å². The van der Waals surface area contributed by atoms with Gasteiger partial charge in [0.1, 0.15) is 39.6 Å². The van der Waals surface area contributed by atoms with Gasteiger partial charge < -0.3 is 58.0 Å². The Kier molecular flexibility index (Phi) is 39.8. The fraction of sp³-hybridized carbons (Fsp3) is 0.143. The zero-order chi connectivity index (χ0) is 64.9. The van der Waals surface area contributed by atoms with Crippen molar-refractivity contribution in [3.05, 3.63) is 283 Å². The topological polar surface area (TPSA) is 144 Å². The Morgan fingerprint density at radius 1 is 0.330 bits per heavy atom. The smallest absolute Gasteiger partial charge is 0.200 e. The van der Waals surface area contributed by atoms with Crippen LogP contribution in [-0.2, 0) is 39.6 Å². The number of methoxy groups -OCH3 is 3. The molecular weight excluding hydrogens is 2030 g/mol. The van der Waals surface area contributed by atoms with Crippen molar-refractivity contribution in [2.24, 2.45) is 0 Å². The average molecular weight is 2100 g/mol. The largest absolute Gasteiger partial charge is 0.504 e. The van der Waals surface area contributed by atoms with Crippen LogP contribution in [0, 0.1) is 6.92 Å². The molecule has 0 aliphatic heterocycles. The van der Waals surface area contributed by atoms with Gasteiger partial charge in [0, 0.05) is 50.6 Å². The first-order valence-electron chi connectivity index (χ1n) is 27.2. The Morgan fingerprint density at radius 2 is 0.549 bits per heavy atom. The quantitative estimate of drug-likeness (QED) is 0.0465. The molecule has 12 nitrogen and oxygen atoms in total. The number of aromatic hydroxyl groups is 3. The maximum absolute atomic E-state index is 8.84. The molecule has 0 fully saturated rings. The second kappa shape index (κ2) is 45.9. The second-order valence-electron chi connectivity index (χ2n) is 18.7. The molecule has 21 heteroatoms. The summed E-state index contributed by atoms with van der Waals surface area (Å²) in [7, 11) is 4.75. The van der Waals surface area contributed by atoms with Crippen LogP contribution in [0.15, 0.2) is 244 Å². The molecule has 0 atom stereocenters. The predicted molar refractivity (Wildman–Crippen MR) is 414 cm³/mol. The second-order valence-corrected chi connectivity index (χ2v) is 37.6. The average Bonchev–Trinajstić information content (AvgIpc) is 1.72. The molecule has 482 valence electrons. The van der Waals surface area contributed by atoms with Gasteiger partial charge in [0.2, 0.25) is 17.2 Å². The monoisotopic (exact) mass is 2100 g/mol. The first-order valence-corrected chi connectivity index (χ1v) is 48.4. The van der Waals surface area contributed by atoms with Gasteiger partial charge in [0.25, 0.3) is 0 Å². The van der Waals surface area contributed by atoms with Gasteiger partial charge in [-0.2, -0.15) is 0 Å². The maximum Gasteiger partial charge on any atom is 0.200 e. The van der Waals surface area contributed by atoms with Crippen molar-refractivity contribution >= 4 is 146 Å². The number of rotatable bonds is 21. The normalized spacial score (nSPS) is 9.88. The minimum Gasteiger partial charge on any atom is -0.504 e. The molecule has 10 aromatic rings. The first-order chi connectivity index (χ1) is 43.8. The maximum atomic E-state index is 8.84. The van der Waals surface area contributed by atoms with Crippen LogP contribution in [-0.4, -0.2) is 36.6 Å². The minimum absolute atomic E-state index is 0. The van der Waals surface area contributed by atoms with Crippen molar-refractivity contribution in [2.75, 3.05) is 21.3 Å². The van der Waals surface area contributed by atoms with Crippen LogP contribution < -0.4 is 55.9 Å². The number of aryl methyl sites for hydroxylation is 1. The van der Waals surface area contributed by atoms with E-state index in [1.165, 1.54) is 12.1 Å². The fourth-order valence-electron chi connectivity index (χ4n) is 7.99. The summed E-state index contributed by atoms with van der Waals surface area (Å²) in [6, 6.07) is 74.6. The Labute approximate surface area is 628 Å². The summed E-state index contributed by atoms with van der Waals surface area (Å²) in [5.41, 5.74) is 7.60. The van der Waals surface area contributed by atoms with E-state index in [2.05, 4.69) is 122 Å². The van der Waals surface area contributed by atoms with Crippen molar-refractivity contribution in [1.29, 1.82) is 0 Å². The molecule has 10 aromatic carbocycles. The van der Waals surface area contributed by atoms with Crippen molar-refractivity contribution in [3.8, 4) is 69.0 Å². The molecule has 0 spiro atoms. The van der Waals surface area contributed by atoms with E-state index in [-0.39, 0.29) is 35.5 Å². The standard InChI is InChI=1S/C28H26O3.C27H23BrO3.C9H11BrO3.C6H5BrO3.I3.I2.HI/c1-22-17-26(29-19-23-11-5-2-6-12-23)28(31-21-25-15-9-4-10-16-25)27(18-22)30-20-24-13-7-3-8-14-24;28-24-16-25(29-18-21-10-4-1-5-11-21)27(31-20-23-14-8-3-9-15-23)26(17-24)30-19-22-12-6-2-7-13-22;1-11-7-4-6(10)5-8(12-2)9(7)13-3;7-3-1-4(8)6(10)5(9)2-3;1-3-2;1-2;/h2-18H,19-21H2,1H3;1-17H,18-20H2;4-5H,1-3H3;1-2,8-10H;;;1H/q;;;;-1;;. The van der Waals surface area contributed by atoms with Crippen molar-refractivity contribution in [1.82, 2.24) is 0 Å². The van der Waals surface area contributed by atoms with Crippen LogP contribution >= 0.6 is 146 Å². The molecule has 0 aromatic heterocycles. The number of ether oxygens (including phenoxy) is 9. The molecule has 0 saturated heterocycles. The van der Waals surface area contributed by atoms with E-state index >= 15 is 0 Å². The van der Waals surface area contributed by atoms with E-state index in [1.807, 2.05) is 225 Å². The summed E-state index contributed by atoms with van der Waals surface area (Å²) in [6.07, 6.45) is 0. The zero-order valence-corrected chi connectivity index (χ0v) is 67.5. The van der Waals surface area contributed by atoms with Gasteiger partial charge in [-0.05, 0) is 94.4 Å². The third-order valence-corrected chi connectivity index (χ3v) is 13.6. The number of hydrogen-bond acceptors (Lipinski definition) is 12. The van der Waals surface area contributed by atoms with Crippen LogP contribution in [0.4, 0.5) is 0 Å². The van der Waals surface area contributed by atoms with Gasteiger partial charge in [-0.15, -0.1) is 24.0 Å². The Bertz CT molecular complexity index is 3280. The number of hydrogen-bond donors (Lipinski definition) is 3. The van der Waals surface area contributed by atoms with Crippen LogP contribution in [0.1, 0.15) is 38.9 Å². The van der Waals surface area contributed by atoms with Crippen LogP contribution in [0.25, 0.3) is 0 Å². The van der Waals surface area contributed by atoms with Gasteiger partial charge in [-0.1, -0.05) is 230 Å². The molecular formula is C70H66Br3I6O12-. The first kappa shape index (κ1) is 79.1. The molecule has 0 aliphatic rings. The van der Waals surface area contributed by atoms with E-state index < -0.39 is 5.75 Å². The van der Waals surface area contributed by atoms with Crippen LogP contribution in [0.3, 0.4) is 0 Å². The van der Waals surface area contributed by atoms with E-state index in [1.54, 1.807) is 21.3 Å². The van der Waals surface area contributed by atoms with Crippen molar-refractivity contribution in [3.63, 3.8) is 0 Å². The van der Waals surface area contributed by atoms with Crippen molar-refractivity contribution in [2.45, 2.75) is 46.6 Å². The Balaban J connectivity index is 0.000000274. The fourth-order valence-corrected chi connectivity index (χ4v) is 9.25. The predicted octanol–water partition coefficient (Wildman–Crippen LogP) is 19.1. The zero-order valence-electron chi connectivity index (χ0n) is 49.6. The van der Waals surface area contributed by atoms with Gasteiger partial charge in [0.15, 0.2) is 51.7 Å². The summed E-state index contributed by atoms with van der Waals surface area (Å²) < 4.78 is 54.8. The molecule has 0 heterocycles. The summed E-state index contributed by atoms with van der Waals surface area (Å²) in [6.45, 7) is 4.70. The molecule has 91 heavy (non-hydrogen) atoms. The summed E-state index contributed by atoms with van der Waals surface area (Å²) in [4.78, 5) is 0. The third kappa shape index (κ3) is 29.0. The summed E-state index contributed by atoms with van der Waals surface area (Å²) in [5, 5.41) is 26.5. The molecule has 0 bridgehead atoms. The van der Waals surface area contributed by atoms with Gasteiger partial charge in [-0.25, -0.2) is 0 Å². The number of benzene rings is 10. The number of phenolic OH excluding ortho intramolecular Hbond substituents is 3. The Morgan fingerprint density at radius 3 is 0.791 bits per heavy atom. The van der Waals surface area contributed by atoms with Gasteiger partial charge in [0.05, 0.1) is 21.3 Å². The third-order valence-electron chi connectivity index (χ3n) is 12.2. The number of phenols is 3. The molecule has 0 radical (unpaired) electrons. The van der Waals surface area contributed by atoms with E-state index in [0.29, 0.717) is 109 Å². The van der Waals surface area contributed by atoms with Crippen LogP contribution in [0.2, 0.25) is 0 Å². The SMILES string of the molecule is Brc1cc(OCc2ccccc2)c(OCc2ccccc2)c(OCc2ccccc2)c1.COc1cc(Br)cc(OC)c1OC.Cc1cc(OCc2ccccc2)c(OCc2ccccc2)c(OCc2ccccc2)c1.I.II.I[I-]I.Oc1cc(Br)cc(O)c1O. The molecule has 10 rings (SSSR count). The molecule has 0 unspecified atom stereocenters. The van der Waals surface area contributed by atoms with Crippen LogP contribution in [0.5, 0.6) is 69.0 Å². The minimum atomic E-state index is -0.497. The molecule has 0 aliphatic carbocycles. The van der Waals surface area contributed by atoms with Gasteiger partial charge >= 0.3 is 50.5 Å². The Hall–Kier alpha value is -4.38. The molecule has 0 amide bonds. The summed E-state index contributed by atoms with van der Waals surface area (Å²) >= 11 is 19.5. The van der Waals surface area contributed by atoms with E-state index in [0.717, 1.165) is 47.9 Å². The summed E-state index contributed by atoms with van der Waals surface area (Å²) in [5.74, 6) is 4.58. The number of halogens is 9. The van der Waals surface area contributed by atoms with E-state index in [4.69, 9.17) is 58.0 Å². The molecule has 0 saturated carbocycles. The molecule has 3 N–H and O–H groups in total. The van der Waals surface area contributed by atoms with Crippen molar-refractivity contribution < 1.29 is 71.2 Å².